The normalized spacial score (nSPS) is 11.8. The summed E-state index contributed by atoms with van der Waals surface area (Å²) in [6, 6.07) is 1.04. The van der Waals surface area contributed by atoms with Gasteiger partial charge in [-0.2, -0.15) is 0 Å². The van der Waals surface area contributed by atoms with Crippen molar-refractivity contribution in [2.75, 3.05) is 14.2 Å². The van der Waals surface area contributed by atoms with E-state index in [-0.39, 0.29) is 11.5 Å². The van der Waals surface area contributed by atoms with Crippen molar-refractivity contribution in [2.45, 2.75) is 6.10 Å². The van der Waals surface area contributed by atoms with Gasteiger partial charge in [-0.1, -0.05) is 5.92 Å². The van der Waals surface area contributed by atoms with E-state index in [2.05, 4.69) is 9.47 Å². The molecule has 1 aromatic carbocycles. The van der Waals surface area contributed by atoms with E-state index >= 15 is 0 Å². The zero-order valence-corrected chi connectivity index (χ0v) is 8.75. The lowest BCUT2D eigenvalue weighted by Crippen LogP contribution is -2.06. The molecule has 1 unspecified atom stereocenters. The van der Waals surface area contributed by atoms with Crippen molar-refractivity contribution < 1.29 is 23.4 Å². The van der Waals surface area contributed by atoms with Crippen LogP contribution in [-0.2, 0) is 0 Å². The summed E-state index contributed by atoms with van der Waals surface area (Å²) in [5.74, 6) is -0.737. The monoisotopic (exact) mass is 228 g/mol. The van der Waals surface area contributed by atoms with E-state index in [1.165, 1.54) is 14.2 Å². The molecule has 0 saturated heterocycles. The number of hydrogen-bond acceptors (Lipinski definition) is 3. The molecule has 0 amide bonds. The highest BCUT2D eigenvalue weighted by molar-refractivity contribution is 5.44. The van der Waals surface area contributed by atoms with Crippen molar-refractivity contribution in [3.05, 3.63) is 23.3 Å². The predicted octanol–water partition coefficient (Wildman–Crippen LogP) is 1.65. The second-order valence-electron chi connectivity index (χ2n) is 2.89. The number of aliphatic hydroxyl groups is 1. The molecule has 16 heavy (non-hydrogen) atoms. The first-order valence-corrected chi connectivity index (χ1v) is 4.30. The minimum absolute atomic E-state index is 0.248. The van der Waals surface area contributed by atoms with Crippen molar-refractivity contribution in [3.8, 4) is 23.8 Å². The third kappa shape index (κ3) is 1.92. The van der Waals surface area contributed by atoms with Crippen LogP contribution in [0.5, 0.6) is 11.5 Å². The summed E-state index contributed by atoms with van der Waals surface area (Å²) >= 11 is 0. The zero-order valence-electron chi connectivity index (χ0n) is 8.75. The molecule has 1 rings (SSSR count). The fraction of sp³-hybridized carbons (Fsp3) is 0.273. The Morgan fingerprint density at radius 1 is 1.25 bits per heavy atom. The average Bonchev–Trinajstić information content (AvgIpc) is 2.29. The average molecular weight is 228 g/mol. The number of benzene rings is 1. The minimum Gasteiger partial charge on any atom is -0.494 e. The SMILES string of the molecule is C#CC(O)c1c(F)c(OC)cc(OC)c1F. The van der Waals surface area contributed by atoms with Crippen LogP contribution < -0.4 is 9.47 Å². The quantitative estimate of drug-likeness (QED) is 0.799. The Morgan fingerprint density at radius 2 is 1.69 bits per heavy atom. The summed E-state index contributed by atoms with van der Waals surface area (Å²) in [5, 5.41) is 9.30. The van der Waals surface area contributed by atoms with E-state index in [1.54, 1.807) is 0 Å². The summed E-state index contributed by atoms with van der Waals surface area (Å²) in [6.45, 7) is 0. The summed E-state index contributed by atoms with van der Waals surface area (Å²) in [5.41, 5.74) is -0.654. The van der Waals surface area contributed by atoms with Crippen LogP contribution >= 0.6 is 0 Å². The van der Waals surface area contributed by atoms with E-state index in [4.69, 9.17) is 6.42 Å². The van der Waals surface area contributed by atoms with Crippen molar-refractivity contribution in [1.29, 1.82) is 0 Å². The standard InChI is InChI=1S/C11H10F2O3/c1-4-6(14)9-10(12)7(15-2)5-8(16-3)11(9)13/h1,5-6,14H,2-3H3. The first-order valence-electron chi connectivity index (χ1n) is 4.30. The highest BCUT2D eigenvalue weighted by Crippen LogP contribution is 2.34. The molecule has 0 aliphatic heterocycles. The molecule has 86 valence electrons. The van der Waals surface area contributed by atoms with Gasteiger partial charge in [-0.05, 0) is 0 Å². The maximum absolute atomic E-state index is 13.6. The third-order valence-electron chi connectivity index (χ3n) is 2.04. The smallest absolute Gasteiger partial charge is 0.175 e. The first-order chi connectivity index (χ1) is 7.56. The van der Waals surface area contributed by atoms with Gasteiger partial charge in [0.1, 0.15) is 6.10 Å². The molecule has 1 atom stereocenters. The minimum atomic E-state index is -1.69. The van der Waals surface area contributed by atoms with Gasteiger partial charge >= 0.3 is 0 Å². The van der Waals surface area contributed by atoms with Gasteiger partial charge in [-0.25, -0.2) is 8.78 Å². The Bertz CT molecular complexity index is 410. The number of aliphatic hydroxyl groups excluding tert-OH is 1. The molecule has 1 N–H and O–H groups in total. The third-order valence-corrected chi connectivity index (χ3v) is 2.04. The lowest BCUT2D eigenvalue weighted by atomic mass is 10.1. The second kappa shape index (κ2) is 4.81. The van der Waals surface area contributed by atoms with Gasteiger partial charge in [-0.15, -0.1) is 6.42 Å². The van der Waals surface area contributed by atoms with Gasteiger partial charge in [0.15, 0.2) is 23.1 Å². The molecule has 0 heterocycles. The molecular formula is C11H10F2O3. The zero-order chi connectivity index (χ0) is 12.3. The van der Waals surface area contributed by atoms with E-state index in [1.807, 2.05) is 5.92 Å². The molecule has 0 fully saturated rings. The maximum atomic E-state index is 13.6. The van der Waals surface area contributed by atoms with Crippen molar-refractivity contribution in [2.24, 2.45) is 0 Å². The molecule has 0 radical (unpaired) electrons. The summed E-state index contributed by atoms with van der Waals surface area (Å²) in [7, 11) is 2.42. The van der Waals surface area contributed by atoms with Crippen LogP contribution in [0.4, 0.5) is 8.78 Å². The highest BCUT2D eigenvalue weighted by atomic mass is 19.1. The van der Waals surface area contributed by atoms with Crippen LogP contribution in [-0.4, -0.2) is 19.3 Å². The van der Waals surface area contributed by atoms with Crippen molar-refractivity contribution in [1.82, 2.24) is 0 Å². The molecule has 0 saturated carbocycles. The number of ether oxygens (including phenoxy) is 2. The molecule has 0 bridgehead atoms. The van der Waals surface area contributed by atoms with Crippen LogP contribution in [0.15, 0.2) is 6.07 Å². The second-order valence-corrected chi connectivity index (χ2v) is 2.89. The number of methoxy groups -OCH3 is 2. The van der Waals surface area contributed by atoms with Gasteiger partial charge in [0, 0.05) is 6.07 Å². The first kappa shape index (κ1) is 12.3. The van der Waals surface area contributed by atoms with E-state index in [0.29, 0.717) is 0 Å². The van der Waals surface area contributed by atoms with E-state index in [9.17, 15) is 13.9 Å². The maximum Gasteiger partial charge on any atom is 0.175 e. The number of halogens is 2. The number of rotatable bonds is 3. The molecule has 0 spiro atoms. The van der Waals surface area contributed by atoms with E-state index < -0.39 is 23.3 Å². The predicted molar refractivity (Wildman–Crippen MR) is 53.3 cm³/mol. The summed E-state index contributed by atoms with van der Waals surface area (Å²) in [6.07, 6.45) is 3.22. The fourth-order valence-corrected chi connectivity index (χ4v) is 1.23. The summed E-state index contributed by atoms with van der Waals surface area (Å²) in [4.78, 5) is 0. The fourth-order valence-electron chi connectivity index (χ4n) is 1.23. The Labute approximate surface area is 91.6 Å². The Kier molecular flexibility index (Phi) is 3.69. The summed E-state index contributed by atoms with van der Waals surface area (Å²) < 4.78 is 36.6. The lowest BCUT2D eigenvalue weighted by Gasteiger charge is -2.13. The molecule has 1 aromatic rings. The van der Waals surface area contributed by atoms with Crippen LogP contribution in [0.3, 0.4) is 0 Å². The van der Waals surface area contributed by atoms with Crippen LogP contribution in [0.1, 0.15) is 11.7 Å². The highest BCUT2D eigenvalue weighted by Gasteiger charge is 2.24. The lowest BCUT2D eigenvalue weighted by molar-refractivity contribution is 0.222. The van der Waals surface area contributed by atoms with Crippen LogP contribution in [0.25, 0.3) is 0 Å². The topological polar surface area (TPSA) is 38.7 Å². The van der Waals surface area contributed by atoms with Gasteiger partial charge in [0.25, 0.3) is 0 Å². The van der Waals surface area contributed by atoms with Gasteiger partial charge in [0.2, 0.25) is 0 Å². The van der Waals surface area contributed by atoms with Gasteiger partial charge in [-0.3, -0.25) is 0 Å². The molecule has 0 aromatic heterocycles. The molecule has 5 heteroatoms. The van der Waals surface area contributed by atoms with E-state index in [0.717, 1.165) is 6.07 Å². The largest absolute Gasteiger partial charge is 0.494 e. The molecule has 0 aliphatic carbocycles. The van der Waals surface area contributed by atoms with Gasteiger partial charge in [0.05, 0.1) is 19.8 Å². The van der Waals surface area contributed by atoms with Crippen LogP contribution in [0, 0.1) is 24.0 Å². The van der Waals surface area contributed by atoms with Gasteiger partial charge < -0.3 is 14.6 Å². The Balaban J connectivity index is 3.50. The van der Waals surface area contributed by atoms with Crippen molar-refractivity contribution in [3.63, 3.8) is 0 Å². The Hall–Kier alpha value is -1.80. The molecule has 3 nitrogen and oxygen atoms in total. The molecular weight excluding hydrogens is 218 g/mol. The number of hydrogen-bond donors (Lipinski definition) is 1. The van der Waals surface area contributed by atoms with Crippen molar-refractivity contribution >= 4 is 0 Å². The Morgan fingerprint density at radius 3 is 2.00 bits per heavy atom. The molecule has 0 aliphatic rings. The van der Waals surface area contributed by atoms with Crippen LogP contribution in [0.2, 0.25) is 0 Å². The number of terminal acetylenes is 1.